The molecule has 8 rings (SSSR count). The summed E-state index contributed by atoms with van der Waals surface area (Å²) in [5, 5.41) is 24.8. The van der Waals surface area contributed by atoms with E-state index in [4.69, 9.17) is 9.47 Å². The van der Waals surface area contributed by atoms with Gasteiger partial charge in [0.05, 0.1) is 12.2 Å². The molecule has 0 aromatic heterocycles. The number of aliphatic hydroxyl groups is 2. The minimum Gasteiger partial charge on any atom is -0.390 e. The molecule has 0 radical (unpaired) electrons. The van der Waals surface area contributed by atoms with Crippen molar-refractivity contribution in [3.63, 3.8) is 0 Å². The van der Waals surface area contributed by atoms with Gasteiger partial charge in [-0.05, 0) is 73.6 Å². The molecule has 0 bridgehead atoms. The van der Waals surface area contributed by atoms with Gasteiger partial charge in [-0.2, -0.15) is 0 Å². The summed E-state index contributed by atoms with van der Waals surface area (Å²) >= 11 is 1.41. The van der Waals surface area contributed by atoms with Crippen LogP contribution in [-0.4, -0.2) is 81.4 Å². The first-order valence-corrected chi connectivity index (χ1v) is 18.8. The van der Waals surface area contributed by atoms with Crippen molar-refractivity contribution in [3.8, 4) is 0 Å². The largest absolute Gasteiger partial charge is 0.390 e. The minimum absolute atomic E-state index is 0.154. The molecule has 2 aliphatic heterocycles. The molecule has 4 aliphatic carbocycles. The number of rotatable bonds is 8. The average molecular weight is 759 g/mol. The molecule has 10 atom stereocenters. The first-order chi connectivity index (χ1) is 25.6. The molecule has 13 heteroatoms. The number of nitrogens with one attached hydrogen (secondary N) is 1. The number of fused-ring (bicyclic) bond motifs is 7. The van der Waals surface area contributed by atoms with Crippen molar-refractivity contribution in [1.82, 2.24) is 4.90 Å². The van der Waals surface area contributed by atoms with Gasteiger partial charge in [-0.15, -0.1) is 0 Å². The summed E-state index contributed by atoms with van der Waals surface area (Å²) in [7, 11) is 0. The molecule has 3 N–H and O–H groups in total. The number of nitrogens with zero attached hydrogens (tertiary/aromatic N) is 1. The highest BCUT2D eigenvalue weighted by molar-refractivity contribution is 7.99. The zero-order valence-corrected chi connectivity index (χ0v) is 30.5. The van der Waals surface area contributed by atoms with Crippen molar-refractivity contribution >= 4 is 41.0 Å². The SMILES string of the molecule is C=C1C=C[C@@]2(C)C(=C1)[C@@H](F)C[C@H]1[C@@H]3C[C@H]4O[C@@H](c5ccc(Sc6cccc(NC(=O)CN7C(=O)C=CC7=O)c6)cc5)O[C@@]4(C(=O)CO)[C@@]3(C)C[C@H](O)[C@@]12F. The van der Waals surface area contributed by atoms with Gasteiger partial charge in [0.25, 0.3) is 11.8 Å². The van der Waals surface area contributed by atoms with Crippen LogP contribution >= 0.6 is 11.8 Å². The second-order valence-electron chi connectivity index (χ2n) is 15.5. The summed E-state index contributed by atoms with van der Waals surface area (Å²) in [5.41, 5.74) is -4.63. The Labute approximate surface area is 315 Å². The first kappa shape index (κ1) is 36.7. The number of amides is 3. The Kier molecular flexibility index (Phi) is 8.77. The monoisotopic (exact) mass is 758 g/mol. The highest BCUT2D eigenvalue weighted by Gasteiger charge is 2.80. The maximum atomic E-state index is 17.7. The van der Waals surface area contributed by atoms with Crippen LogP contribution in [0.5, 0.6) is 0 Å². The Bertz CT molecular complexity index is 2050. The summed E-state index contributed by atoms with van der Waals surface area (Å²) in [5.74, 6) is -3.78. The summed E-state index contributed by atoms with van der Waals surface area (Å²) in [6.45, 7) is 6.05. The number of ketones is 1. The summed E-state index contributed by atoms with van der Waals surface area (Å²) in [6, 6.07) is 14.4. The topological polar surface area (TPSA) is 142 Å². The fourth-order valence-electron chi connectivity index (χ4n) is 10.2. The number of Topliss-reactive ketones (excluding diaryl/α,β-unsaturated/α-hetero) is 1. The molecule has 0 spiro atoms. The Morgan fingerprint density at radius 3 is 2.46 bits per heavy atom. The van der Waals surface area contributed by atoms with E-state index >= 15 is 8.78 Å². The summed E-state index contributed by atoms with van der Waals surface area (Å²) < 4.78 is 46.8. The lowest BCUT2D eigenvalue weighted by Crippen LogP contribution is -2.70. The smallest absolute Gasteiger partial charge is 0.254 e. The van der Waals surface area contributed by atoms with Gasteiger partial charge in [-0.25, -0.2) is 8.78 Å². The second kappa shape index (κ2) is 12.9. The van der Waals surface area contributed by atoms with E-state index < -0.39 is 95.3 Å². The number of ether oxygens (including phenoxy) is 2. The predicted molar refractivity (Wildman–Crippen MR) is 193 cm³/mol. The number of imide groups is 1. The summed E-state index contributed by atoms with van der Waals surface area (Å²) in [6.07, 6.45) is 2.01. The van der Waals surface area contributed by atoms with Gasteiger partial charge in [0.2, 0.25) is 5.91 Å². The van der Waals surface area contributed by atoms with Gasteiger partial charge in [0, 0.05) is 49.9 Å². The molecule has 54 heavy (non-hydrogen) atoms. The predicted octanol–water partition coefficient (Wildman–Crippen LogP) is 5.33. The average Bonchev–Trinajstić information content (AvgIpc) is 3.76. The number of carbonyl (C=O) groups excluding carboxylic acids is 4. The Hall–Kier alpha value is -4.27. The fourth-order valence-corrected chi connectivity index (χ4v) is 11.1. The van der Waals surface area contributed by atoms with Gasteiger partial charge in [-0.3, -0.25) is 24.1 Å². The van der Waals surface area contributed by atoms with E-state index in [1.807, 2.05) is 18.2 Å². The maximum Gasteiger partial charge on any atom is 0.254 e. The lowest BCUT2D eigenvalue weighted by Gasteiger charge is -2.63. The van der Waals surface area contributed by atoms with E-state index in [1.54, 1.807) is 62.4 Å². The number of benzene rings is 2. The molecule has 10 nitrogen and oxygen atoms in total. The molecule has 2 aromatic rings. The molecule has 1 saturated heterocycles. The van der Waals surface area contributed by atoms with Gasteiger partial charge in [-0.1, -0.05) is 61.7 Å². The third kappa shape index (κ3) is 5.26. The Balaban J connectivity index is 0.997. The molecule has 3 amide bonds. The van der Waals surface area contributed by atoms with Crippen molar-refractivity contribution in [3.05, 3.63) is 102 Å². The minimum atomic E-state index is -2.23. The van der Waals surface area contributed by atoms with Crippen molar-refractivity contribution < 1.29 is 47.6 Å². The van der Waals surface area contributed by atoms with Gasteiger partial charge in [0.15, 0.2) is 23.3 Å². The number of halogens is 2. The van der Waals surface area contributed by atoms with Crippen LogP contribution in [-0.2, 0) is 28.7 Å². The molecule has 2 heterocycles. The van der Waals surface area contributed by atoms with Crippen molar-refractivity contribution in [2.75, 3.05) is 18.5 Å². The van der Waals surface area contributed by atoms with Crippen LogP contribution in [0, 0.1) is 22.7 Å². The number of hydrogen-bond acceptors (Lipinski definition) is 9. The van der Waals surface area contributed by atoms with E-state index in [9.17, 15) is 29.4 Å². The quantitative estimate of drug-likeness (QED) is 0.305. The molecule has 2 aromatic carbocycles. The molecule has 4 fully saturated rings. The van der Waals surface area contributed by atoms with Crippen LogP contribution in [0.15, 0.2) is 106 Å². The van der Waals surface area contributed by atoms with Gasteiger partial charge >= 0.3 is 0 Å². The van der Waals surface area contributed by atoms with Crippen LogP contribution in [0.1, 0.15) is 45.0 Å². The Morgan fingerprint density at radius 2 is 1.76 bits per heavy atom. The first-order valence-electron chi connectivity index (χ1n) is 17.9. The highest BCUT2D eigenvalue weighted by Crippen LogP contribution is 2.72. The van der Waals surface area contributed by atoms with Crippen molar-refractivity contribution in [2.45, 2.75) is 78.8 Å². The van der Waals surface area contributed by atoms with E-state index in [-0.39, 0.29) is 24.8 Å². The van der Waals surface area contributed by atoms with Crippen LogP contribution in [0.3, 0.4) is 0 Å². The second-order valence-corrected chi connectivity index (χ2v) is 16.6. The maximum absolute atomic E-state index is 17.7. The lowest BCUT2D eigenvalue weighted by atomic mass is 9.44. The van der Waals surface area contributed by atoms with Crippen molar-refractivity contribution in [1.29, 1.82) is 0 Å². The molecule has 282 valence electrons. The van der Waals surface area contributed by atoms with E-state index in [1.165, 1.54) is 11.8 Å². The standard InChI is InChI=1S/C41H40F2N2O8S/c1-22-13-14-38(2)29(15-22)30(42)17-28-27-18-33-41(32(48)21-46,39(27,3)19-31(47)40(28,38)43)53-37(52-33)23-7-9-25(10-8-23)54-26-6-4-5-24(16-26)44-34(49)20-45-35(50)11-12-36(45)51/h4-16,27-28,30-31,33,37,46-47H,1,17-21H2,2-3H3,(H,44,49)/t27-,28-,30-,31-,33+,37+,38-,39-,40-,41+/m0/s1. The third-order valence-electron chi connectivity index (χ3n) is 12.7. The highest BCUT2D eigenvalue weighted by atomic mass is 32.2. The zero-order valence-electron chi connectivity index (χ0n) is 29.7. The Morgan fingerprint density at radius 1 is 1.04 bits per heavy atom. The fraction of sp³-hybridized carbons (Fsp3) is 0.415. The normalized spacial score (nSPS) is 37.8. The lowest BCUT2D eigenvalue weighted by molar-refractivity contribution is -0.235. The van der Waals surface area contributed by atoms with Crippen LogP contribution < -0.4 is 5.32 Å². The molecule has 0 unspecified atom stereocenters. The van der Waals surface area contributed by atoms with Crippen molar-refractivity contribution in [2.24, 2.45) is 22.7 Å². The van der Waals surface area contributed by atoms with Crippen LogP contribution in [0.2, 0.25) is 0 Å². The molecule has 6 aliphatic rings. The third-order valence-corrected chi connectivity index (χ3v) is 13.7. The number of hydrogen-bond donors (Lipinski definition) is 3. The van der Waals surface area contributed by atoms with E-state index in [2.05, 4.69) is 11.9 Å². The number of alkyl halides is 2. The number of carbonyl (C=O) groups is 4. The number of aliphatic hydroxyl groups excluding tert-OH is 2. The molecular formula is C41H40F2N2O8S. The van der Waals surface area contributed by atoms with E-state index in [0.717, 1.165) is 26.8 Å². The van der Waals surface area contributed by atoms with Gasteiger partial charge in [0.1, 0.15) is 19.3 Å². The van der Waals surface area contributed by atoms with Crippen LogP contribution in [0.25, 0.3) is 0 Å². The summed E-state index contributed by atoms with van der Waals surface area (Å²) in [4.78, 5) is 52.5. The zero-order chi connectivity index (χ0) is 38.4. The van der Waals surface area contributed by atoms with Crippen LogP contribution in [0.4, 0.5) is 14.5 Å². The van der Waals surface area contributed by atoms with Gasteiger partial charge < -0.3 is 25.0 Å². The molecule has 3 saturated carbocycles. The van der Waals surface area contributed by atoms with E-state index in [0.29, 0.717) is 16.8 Å². The molecular weight excluding hydrogens is 719 g/mol. The number of anilines is 1. The number of allylic oxidation sites excluding steroid dienone is 5.